The molecule has 11 heteroatoms. The molecule has 4 unspecified atom stereocenters. The second-order valence-electron chi connectivity index (χ2n) is 9.30. The van der Waals surface area contributed by atoms with Crippen molar-refractivity contribution in [1.29, 1.82) is 0 Å². The van der Waals surface area contributed by atoms with Crippen molar-refractivity contribution in [3.05, 3.63) is 91.6 Å². The number of hydrogen-bond donors (Lipinski definition) is 2. The molecule has 3 aromatic carbocycles. The van der Waals surface area contributed by atoms with E-state index in [1.54, 1.807) is 18.2 Å². The van der Waals surface area contributed by atoms with E-state index in [0.717, 1.165) is 10.5 Å². The number of anilines is 2. The summed E-state index contributed by atoms with van der Waals surface area (Å²) in [5, 5.41) is 7.06. The van der Waals surface area contributed by atoms with E-state index in [9.17, 15) is 18.8 Å². The molecule has 3 aliphatic rings. The number of halogens is 5. The maximum atomic E-state index is 14.0. The third-order valence-electron chi connectivity index (χ3n) is 7.22. The predicted octanol–water partition coefficient (Wildman–Crippen LogP) is 5.61. The monoisotopic (exact) mass is 577 g/mol. The quantitative estimate of drug-likeness (QED) is 0.396. The van der Waals surface area contributed by atoms with Gasteiger partial charge in [0.05, 0.1) is 28.2 Å². The van der Waals surface area contributed by atoms with Gasteiger partial charge < -0.3 is 5.32 Å². The summed E-state index contributed by atoms with van der Waals surface area (Å²) in [6.07, 6.45) is 0.253. The summed E-state index contributed by atoms with van der Waals surface area (Å²) in [6.45, 7) is 0. The largest absolute Gasteiger partial charge is 0.323 e. The summed E-state index contributed by atoms with van der Waals surface area (Å²) in [5.41, 5.74) is 0.0404. The first-order chi connectivity index (χ1) is 17.6. The number of rotatable bonds is 3. The minimum atomic E-state index is -1.61. The van der Waals surface area contributed by atoms with E-state index in [2.05, 4.69) is 10.6 Å². The molecule has 0 radical (unpaired) electrons. The zero-order chi connectivity index (χ0) is 26.2. The van der Waals surface area contributed by atoms with Crippen LogP contribution in [0.1, 0.15) is 11.1 Å². The Morgan fingerprint density at radius 1 is 0.865 bits per heavy atom. The molecule has 6 rings (SSSR count). The molecule has 188 valence electrons. The highest BCUT2D eigenvalue weighted by atomic mass is 35.5. The molecule has 2 saturated heterocycles. The zero-order valence-corrected chi connectivity index (χ0v) is 21.7. The highest BCUT2D eigenvalue weighted by Crippen LogP contribution is 2.55. The van der Waals surface area contributed by atoms with Gasteiger partial charge in [-0.25, -0.2) is 9.29 Å². The molecule has 4 atom stereocenters. The van der Waals surface area contributed by atoms with Crippen LogP contribution in [-0.2, 0) is 26.3 Å². The topological polar surface area (TPSA) is 78.5 Å². The third kappa shape index (κ3) is 3.67. The molecule has 0 aliphatic carbocycles. The molecule has 3 aliphatic heterocycles. The Hall–Kier alpha value is -2.68. The van der Waals surface area contributed by atoms with E-state index >= 15 is 0 Å². The lowest BCUT2D eigenvalue weighted by molar-refractivity contribution is -0.130. The van der Waals surface area contributed by atoms with E-state index in [0.29, 0.717) is 11.3 Å². The average molecular weight is 579 g/mol. The fraction of sp³-hybridized carbons (Fsp3) is 0.192. The Morgan fingerprint density at radius 3 is 2.19 bits per heavy atom. The molecule has 1 spiro atoms. The summed E-state index contributed by atoms with van der Waals surface area (Å²) < 4.78 is 13.5. The van der Waals surface area contributed by atoms with Gasteiger partial charge in [0, 0.05) is 26.7 Å². The van der Waals surface area contributed by atoms with Crippen molar-refractivity contribution in [2.75, 3.05) is 10.2 Å². The van der Waals surface area contributed by atoms with Crippen LogP contribution in [0.3, 0.4) is 0 Å². The smallest absolute Gasteiger partial charge is 0.250 e. The van der Waals surface area contributed by atoms with Crippen molar-refractivity contribution in [2.24, 2.45) is 11.8 Å². The van der Waals surface area contributed by atoms with Gasteiger partial charge in [0.1, 0.15) is 11.4 Å². The highest BCUT2D eigenvalue weighted by molar-refractivity contribution is 6.38. The van der Waals surface area contributed by atoms with Crippen LogP contribution in [0, 0.1) is 17.7 Å². The normalized spacial score (nSPS) is 26.1. The molecule has 0 bridgehead atoms. The van der Waals surface area contributed by atoms with Crippen LogP contribution < -0.4 is 15.5 Å². The second kappa shape index (κ2) is 8.68. The number of carbonyl (C=O) groups is 3. The first-order valence-electron chi connectivity index (χ1n) is 11.3. The van der Waals surface area contributed by atoms with Crippen LogP contribution in [0.25, 0.3) is 0 Å². The standard InChI is InChI=1S/C26H16Cl4FN3O3/c27-12-6-13(28)8-16(7-12)34-23(35)20-19(5-11-1-3-15(31)4-2-11)33-26(21(20)24(34)36)17-9-14(29)10-18(30)22(17)32-25(26)37/h1-4,6-10,19-21,33H,5H2,(H,32,37). The van der Waals surface area contributed by atoms with Gasteiger partial charge in [0.25, 0.3) is 0 Å². The molecule has 0 saturated carbocycles. The Kier molecular flexibility index (Phi) is 5.78. The molecule has 0 aromatic heterocycles. The first kappa shape index (κ1) is 24.6. The number of imide groups is 1. The summed E-state index contributed by atoms with van der Waals surface area (Å²) in [7, 11) is 0. The SMILES string of the molecule is O=C1C2C(Cc3ccc(F)cc3)NC3(C(=O)Nc4c(Cl)cc(Cl)cc43)C2C(=O)N1c1cc(Cl)cc(Cl)c1. The minimum absolute atomic E-state index is 0.209. The summed E-state index contributed by atoms with van der Waals surface area (Å²) in [4.78, 5) is 42.6. The molecule has 2 fully saturated rings. The minimum Gasteiger partial charge on any atom is -0.323 e. The van der Waals surface area contributed by atoms with Crippen molar-refractivity contribution >= 4 is 75.5 Å². The number of amides is 3. The molecular weight excluding hydrogens is 563 g/mol. The molecule has 3 aromatic rings. The Balaban J connectivity index is 1.52. The first-order valence-corrected chi connectivity index (χ1v) is 12.8. The average Bonchev–Trinajstić information content (AvgIpc) is 3.40. The van der Waals surface area contributed by atoms with Crippen LogP contribution in [-0.4, -0.2) is 23.8 Å². The maximum absolute atomic E-state index is 14.0. The van der Waals surface area contributed by atoms with Gasteiger partial charge >= 0.3 is 0 Å². The molecule has 6 nitrogen and oxygen atoms in total. The number of hydrogen-bond acceptors (Lipinski definition) is 4. The zero-order valence-electron chi connectivity index (χ0n) is 18.7. The molecule has 3 amide bonds. The number of nitrogens with zero attached hydrogens (tertiary/aromatic N) is 1. The number of nitrogens with one attached hydrogen (secondary N) is 2. The Morgan fingerprint density at radius 2 is 1.51 bits per heavy atom. The summed E-state index contributed by atoms with van der Waals surface area (Å²) in [6, 6.07) is 12.7. The van der Waals surface area contributed by atoms with Gasteiger partial charge in [0.2, 0.25) is 17.7 Å². The van der Waals surface area contributed by atoms with E-state index in [-0.39, 0.29) is 32.2 Å². The van der Waals surface area contributed by atoms with Crippen molar-refractivity contribution < 1.29 is 18.8 Å². The maximum Gasteiger partial charge on any atom is 0.250 e. The van der Waals surface area contributed by atoms with E-state index < -0.39 is 47.0 Å². The van der Waals surface area contributed by atoms with Crippen molar-refractivity contribution in [3.8, 4) is 0 Å². The van der Waals surface area contributed by atoms with Gasteiger partial charge in [-0.3, -0.25) is 19.7 Å². The molecule has 37 heavy (non-hydrogen) atoms. The van der Waals surface area contributed by atoms with Gasteiger partial charge in [-0.15, -0.1) is 0 Å². The van der Waals surface area contributed by atoms with Crippen LogP contribution in [0.4, 0.5) is 15.8 Å². The fourth-order valence-corrected chi connectivity index (χ4v) is 6.85. The fourth-order valence-electron chi connectivity index (χ4n) is 5.80. The van der Waals surface area contributed by atoms with Crippen molar-refractivity contribution in [1.82, 2.24) is 5.32 Å². The van der Waals surface area contributed by atoms with Gasteiger partial charge in [0.15, 0.2) is 0 Å². The predicted molar refractivity (Wildman–Crippen MR) is 140 cm³/mol. The lowest BCUT2D eigenvalue weighted by atomic mass is 9.76. The van der Waals surface area contributed by atoms with Crippen LogP contribution in [0.15, 0.2) is 54.6 Å². The summed E-state index contributed by atoms with van der Waals surface area (Å²) in [5.74, 6) is -4.04. The lowest BCUT2D eigenvalue weighted by Crippen LogP contribution is -2.53. The number of benzene rings is 3. The highest BCUT2D eigenvalue weighted by Gasteiger charge is 2.70. The van der Waals surface area contributed by atoms with E-state index in [4.69, 9.17) is 46.4 Å². The van der Waals surface area contributed by atoms with E-state index in [1.807, 2.05) is 0 Å². The van der Waals surface area contributed by atoms with Crippen molar-refractivity contribution in [2.45, 2.75) is 18.0 Å². The molecule has 2 N–H and O–H groups in total. The Bertz CT molecular complexity index is 1500. The third-order valence-corrected chi connectivity index (χ3v) is 8.17. The van der Waals surface area contributed by atoms with Crippen LogP contribution in [0.5, 0.6) is 0 Å². The van der Waals surface area contributed by atoms with Crippen molar-refractivity contribution in [3.63, 3.8) is 0 Å². The van der Waals surface area contributed by atoms with Crippen LogP contribution in [0.2, 0.25) is 20.1 Å². The molecule has 3 heterocycles. The second-order valence-corrected chi connectivity index (χ2v) is 11.0. The van der Waals surface area contributed by atoms with Gasteiger partial charge in [-0.2, -0.15) is 0 Å². The van der Waals surface area contributed by atoms with E-state index in [1.165, 1.54) is 36.4 Å². The lowest BCUT2D eigenvalue weighted by Gasteiger charge is -2.29. The van der Waals surface area contributed by atoms with Gasteiger partial charge in [-0.05, 0) is 54.4 Å². The number of carbonyl (C=O) groups excluding carboxylic acids is 3. The van der Waals surface area contributed by atoms with Gasteiger partial charge in [-0.1, -0.05) is 58.5 Å². The molecular formula is C26H16Cl4FN3O3. The summed E-state index contributed by atoms with van der Waals surface area (Å²) >= 11 is 25.0. The Labute approximate surface area is 230 Å². The van der Waals surface area contributed by atoms with Crippen LogP contribution >= 0.6 is 46.4 Å². The number of fused-ring (bicyclic) bond motifs is 4.